The van der Waals surface area contributed by atoms with Gasteiger partial charge in [0, 0.05) is 12.3 Å². The lowest BCUT2D eigenvalue weighted by molar-refractivity contribution is -0.117. The van der Waals surface area contributed by atoms with Crippen LogP contribution in [-0.4, -0.2) is 29.6 Å². The molecule has 0 bridgehead atoms. The summed E-state index contributed by atoms with van der Waals surface area (Å²) in [4.78, 5) is 23.9. The molecular formula is C17H18O4. The molecule has 1 aliphatic carbocycles. The van der Waals surface area contributed by atoms with E-state index < -0.39 is 12.1 Å². The highest BCUT2D eigenvalue weighted by Gasteiger charge is 2.32. The number of allylic oxidation sites excluding steroid dienone is 1. The third kappa shape index (κ3) is 3.47. The molecule has 0 heterocycles. The highest BCUT2D eigenvalue weighted by atomic mass is 16.5. The van der Waals surface area contributed by atoms with E-state index in [0.29, 0.717) is 16.7 Å². The first-order valence-corrected chi connectivity index (χ1v) is 6.79. The lowest BCUT2D eigenvalue weighted by Crippen LogP contribution is -2.33. The molecule has 0 aliphatic heterocycles. The van der Waals surface area contributed by atoms with Crippen LogP contribution in [0.5, 0.6) is 0 Å². The third-order valence-corrected chi connectivity index (χ3v) is 3.64. The molecule has 0 radical (unpaired) electrons. The number of rotatable bonds is 4. The van der Waals surface area contributed by atoms with Gasteiger partial charge in [-0.2, -0.15) is 0 Å². The number of ketones is 1. The molecule has 0 aromatic heterocycles. The Morgan fingerprint density at radius 2 is 2.05 bits per heavy atom. The van der Waals surface area contributed by atoms with Gasteiger partial charge in [0.25, 0.3) is 0 Å². The molecule has 110 valence electrons. The summed E-state index contributed by atoms with van der Waals surface area (Å²) in [6.45, 7) is 5.23. The molecule has 0 spiro atoms. The number of ether oxygens (including phenoxy) is 1. The highest BCUT2D eigenvalue weighted by molar-refractivity contribution is 5.96. The van der Waals surface area contributed by atoms with E-state index >= 15 is 0 Å². The summed E-state index contributed by atoms with van der Waals surface area (Å²) in [6.07, 6.45) is 1.27. The second-order valence-electron chi connectivity index (χ2n) is 5.14. The van der Waals surface area contributed by atoms with Crippen LogP contribution >= 0.6 is 0 Å². The molecule has 4 heteroatoms. The van der Waals surface area contributed by atoms with Gasteiger partial charge in [-0.15, -0.1) is 0 Å². The van der Waals surface area contributed by atoms with Crippen LogP contribution < -0.4 is 0 Å². The number of carbonyl (C=O) groups excluding carboxylic acids is 2. The Balaban J connectivity index is 2.20. The molecule has 1 N–H and O–H groups in total. The van der Waals surface area contributed by atoms with E-state index in [2.05, 4.69) is 6.58 Å². The van der Waals surface area contributed by atoms with Gasteiger partial charge >= 0.3 is 5.97 Å². The van der Waals surface area contributed by atoms with Gasteiger partial charge in [-0.1, -0.05) is 24.8 Å². The molecule has 0 amide bonds. The van der Waals surface area contributed by atoms with Crippen LogP contribution in [-0.2, 0) is 9.53 Å². The number of Topliss-reactive ketones (excluding diaryl/α,β-unsaturated/α-hetero) is 1. The minimum Gasteiger partial charge on any atom is -0.454 e. The van der Waals surface area contributed by atoms with Crippen LogP contribution in [0.2, 0.25) is 0 Å². The smallest absolute Gasteiger partial charge is 0.338 e. The lowest BCUT2D eigenvalue weighted by atomic mass is 9.82. The van der Waals surface area contributed by atoms with Crippen LogP contribution in [0.3, 0.4) is 0 Å². The number of aliphatic hydroxyl groups excluding tert-OH is 1. The zero-order valence-electron chi connectivity index (χ0n) is 11.9. The fourth-order valence-corrected chi connectivity index (χ4v) is 2.31. The first kappa shape index (κ1) is 15.2. The second-order valence-corrected chi connectivity index (χ2v) is 5.14. The molecule has 2 rings (SSSR count). The van der Waals surface area contributed by atoms with Crippen molar-refractivity contribution in [2.45, 2.75) is 19.4 Å². The van der Waals surface area contributed by atoms with Crippen LogP contribution in [0.25, 0.3) is 0 Å². The van der Waals surface area contributed by atoms with E-state index in [1.165, 1.54) is 0 Å². The summed E-state index contributed by atoms with van der Waals surface area (Å²) in [7, 11) is 0. The van der Waals surface area contributed by atoms with Crippen LogP contribution in [0, 0.1) is 5.92 Å². The van der Waals surface area contributed by atoms with Crippen LogP contribution in [0.1, 0.15) is 23.7 Å². The quantitative estimate of drug-likeness (QED) is 0.681. The van der Waals surface area contributed by atoms with Crippen molar-refractivity contribution in [3.8, 4) is 0 Å². The average Bonchev–Trinajstić information content (AvgIpc) is 2.50. The van der Waals surface area contributed by atoms with Crippen molar-refractivity contribution >= 4 is 11.8 Å². The minimum absolute atomic E-state index is 0.0124. The van der Waals surface area contributed by atoms with Crippen molar-refractivity contribution in [1.29, 1.82) is 0 Å². The van der Waals surface area contributed by atoms with Crippen molar-refractivity contribution in [3.63, 3.8) is 0 Å². The zero-order valence-corrected chi connectivity index (χ0v) is 11.9. The Kier molecular flexibility index (Phi) is 4.70. The summed E-state index contributed by atoms with van der Waals surface area (Å²) in [5, 5.41) is 9.24. The number of hydrogen-bond acceptors (Lipinski definition) is 4. The molecular weight excluding hydrogens is 268 g/mol. The van der Waals surface area contributed by atoms with Gasteiger partial charge in [-0.05, 0) is 36.3 Å². The number of esters is 1. The van der Waals surface area contributed by atoms with Crippen molar-refractivity contribution in [1.82, 2.24) is 0 Å². The van der Waals surface area contributed by atoms with Crippen molar-refractivity contribution in [2.75, 3.05) is 6.61 Å². The summed E-state index contributed by atoms with van der Waals surface area (Å²) < 4.78 is 5.49. The molecule has 1 aromatic rings. The van der Waals surface area contributed by atoms with Crippen molar-refractivity contribution in [2.24, 2.45) is 5.92 Å². The Morgan fingerprint density at radius 3 is 2.67 bits per heavy atom. The monoisotopic (exact) mass is 286 g/mol. The zero-order chi connectivity index (χ0) is 15.4. The van der Waals surface area contributed by atoms with Crippen LogP contribution in [0.4, 0.5) is 0 Å². The number of hydrogen-bond donors (Lipinski definition) is 1. The maximum atomic E-state index is 12.1. The van der Waals surface area contributed by atoms with Gasteiger partial charge in [0.2, 0.25) is 0 Å². The van der Waals surface area contributed by atoms with E-state index in [4.69, 9.17) is 4.74 Å². The molecule has 0 unspecified atom stereocenters. The standard InChI is InChI=1S/C17H18O4/c1-11-8-16(14(9-15(11)19)12(2)10-18)21-17(20)13-6-4-3-5-7-13/h3-8,14,16,18H,2,9-10H2,1H3/t14-,16-/m0/s1. The largest absolute Gasteiger partial charge is 0.454 e. The first-order valence-electron chi connectivity index (χ1n) is 6.79. The Bertz CT molecular complexity index is 586. The van der Waals surface area contributed by atoms with Crippen molar-refractivity contribution < 1.29 is 19.4 Å². The third-order valence-electron chi connectivity index (χ3n) is 3.64. The van der Waals surface area contributed by atoms with E-state index in [1.54, 1.807) is 37.3 Å². The summed E-state index contributed by atoms with van der Waals surface area (Å²) >= 11 is 0. The highest BCUT2D eigenvalue weighted by Crippen LogP contribution is 2.29. The van der Waals surface area contributed by atoms with Gasteiger partial charge in [-0.25, -0.2) is 4.79 Å². The predicted octanol–water partition coefficient (Wildman–Crippen LogP) is 2.30. The molecule has 2 atom stereocenters. The summed E-state index contributed by atoms with van der Waals surface area (Å²) in [5.41, 5.74) is 1.52. The van der Waals surface area contributed by atoms with E-state index in [1.807, 2.05) is 6.07 Å². The topological polar surface area (TPSA) is 63.6 Å². The summed E-state index contributed by atoms with van der Waals surface area (Å²) in [5.74, 6) is -0.838. The lowest BCUT2D eigenvalue weighted by Gasteiger charge is -2.29. The Morgan fingerprint density at radius 1 is 1.38 bits per heavy atom. The number of aliphatic hydroxyl groups is 1. The fraction of sp³-hybridized carbons (Fsp3) is 0.294. The van der Waals surface area contributed by atoms with Crippen molar-refractivity contribution in [3.05, 3.63) is 59.7 Å². The molecule has 1 aromatic carbocycles. The SMILES string of the molecule is C=C(CO)[C@@H]1CC(=O)C(C)=C[C@@H]1OC(=O)c1ccccc1. The molecule has 1 aliphatic rings. The van der Waals surface area contributed by atoms with Gasteiger partial charge in [0.05, 0.1) is 12.2 Å². The Labute approximate surface area is 123 Å². The maximum absolute atomic E-state index is 12.1. The normalized spacial score (nSPS) is 21.6. The molecule has 4 nitrogen and oxygen atoms in total. The van der Waals surface area contributed by atoms with E-state index in [9.17, 15) is 14.7 Å². The fourth-order valence-electron chi connectivity index (χ4n) is 2.31. The van der Waals surface area contributed by atoms with E-state index in [-0.39, 0.29) is 24.7 Å². The second kappa shape index (κ2) is 6.50. The maximum Gasteiger partial charge on any atom is 0.338 e. The van der Waals surface area contributed by atoms with Gasteiger partial charge < -0.3 is 9.84 Å². The first-order chi connectivity index (χ1) is 10.0. The Hall–Kier alpha value is -2.20. The van der Waals surface area contributed by atoms with Gasteiger partial charge in [0.1, 0.15) is 6.10 Å². The van der Waals surface area contributed by atoms with Gasteiger partial charge in [-0.3, -0.25) is 4.79 Å². The summed E-state index contributed by atoms with van der Waals surface area (Å²) in [6, 6.07) is 8.67. The van der Waals surface area contributed by atoms with Crippen LogP contribution in [0.15, 0.2) is 54.1 Å². The van der Waals surface area contributed by atoms with Gasteiger partial charge in [0.15, 0.2) is 5.78 Å². The minimum atomic E-state index is -0.574. The molecule has 0 saturated heterocycles. The predicted molar refractivity (Wildman–Crippen MR) is 78.7 cm³/mol. The number of benzene rings is 1. The molecule has 21 heavy (non-hydrogen) atoms. The number of carbonyl (C=O) groups is 2. The molecule has 0 saturated carbocycles. The average molecular weight is 286 g/mol. The van der Waals surface area contributed by atoms with E-state index in [0.717, 1.165) is 0 Å². The molecule has 0 fully saturated rings.